The Balaban J connectivity index is 3.20. The summed E-state index contributed by atoms with van der Waals surface area (Å²) in [4.78, 5) is 0. The molecule has 1 aliphatic rings. The summed E-state index contributed by atoms with van der Waals surface area (Å²) in [7, 11) is 1.05. The first-order valence-electron chi connectivity index (χ1n) is 7.33. The smallest absolute Gasteiger partial charge is 0.368 e. The Morgan fingerprint density at radius 3 is 2.00 bits per heavy atom. The first kappa shape index (κ1) is 17.1. The summed E-state index contributed by atoms with van der Waals surface area (Å²) in [5.74, 6) is 0. The van der Waals surface area contributed by atoms with E-state index >= 15 is 0 Å². The monoisotopic (exact) mass is 290 g/mol. The van der Waals surface area contributed by atoms with Gasteiger partial charge >= 0.3 is 8.56 Å². The summed E-state index contributed by atoms with van der Waals surface area (Å²) < 4.78 is 23.7. The SMILES string of the molecule is CCCOC(CC)(C1(CC)COC1)[Si](C)(OC)OC. The summed E-state index contributed by atoms with van der Waals surface area (Å²) in [6.45, 7) is 10.9. The molecule has 0 saturated carbocycles. The minimum Gasteiger partial charge on any atom is -0.396 e. The zero-order valence-electron chi connectivity index (χ0n) is 13.4. The van der Waals surface area contributed by atoms with E-state index in [1.54, 1.807) is 14.2 Å². The van der Waals surface area contributed by atoms with E-state index in [2.05, 4.69) is 27.3 Å². The minimum atomic E-state index is -2.44. The van der Waals surface area contributed by atoms with Crippen LogP contribution in [-0.2, 0) is 18.3 Å². The highest BCUT2D eigenvalue weighted by Gasteiger charge is 2.67. The predicted molar refractivity (Wildman–Crippen MR) is 78.4 cm³/mol. The first-order chi connectivity index (χ1) is 9.01. The van der Waals surface area contributed by atoms with Crippen molar-refractivity contribution in [3.05, 3.63) is 0 Å². The van der Waals surface area contributed by atoms with Gasteiger partial charge in [-0.2, -0.15) is 0 Å². The molecule has 0 N–H and O–H groups in total. The molecule has 0 bridgehead atoms. The average molecular weight is 290 g/mol. The van der Waals surface area contributed by atoms with Crippen LogP contribution in [0, 0.1) is 5.41 Å². The molecule has 4 nitrogen and oxygen atoms in total. The fourth-order valence-electron chi connectivity index (χ4n) is 3.32. The van der Waals surface area contributed by atoms with Crippen molar-refractivity contribution in [3.63, 3.8) is 0 Å². The van der Waals surface area contributed by atoms with Crippen LogP contribution in [0.15, 0.2) is 0 Å². The zero-order chi connectivity index (χ0) is 14.6. The molecule has 114 valence electrons. The van der Waals surface area contributed by atoms with Crippen LogP contribution in [0.25, 0.3) is 0 Å². The van der Waals surface area contributed by atoms with Gasteiger partial charge in [-0.05, 0) is 25.8 Å². The van der Waals surface area contributed by atoms with Crippen molar-refractivity contribution in [2.45, 2.75) is 51.8 Å². The fraction of sp³-hybridized carbons (Fsp3) is 1.00. The number of rotatable bonds is 9. The van der Waals surface area contributed by atoms with Crippen LogP contribution in [-0.4, -0.2) is 47.8 Å². The summed E-state index contributed by atoms with van der Waals surface area (Å²) in [6, 6.07) is 0. The number of hydrogen-bond donors (Lipinski definition) is 0. The Hall–Kier alpha value is 0.0569. The van der Waals surface area contributed by atoms with Gasteiger partial charge in [0.15, 0.2) is 0 Å². The van der Waals surface area contributed by atoms with Crippen molar-refractivity contribution in [3.8, 4) is 0 Å². The second-order valence-electron chi connectivity index (χ2n) is 5.51. The van der Waals surface area contributed by atoms with E-state index in [1.165, 1.54) is 0 Å². The van der Waals surface area contributed by atoms with Crippen molar-refractivity contribution >= 4 is 8.56 Å². The Kier molecular flexibility index (Phi) is 6.01. The summed E-state index contributed by atoms with van der Waals surface area (Å²) in [5, 5.41) is -0.341. The molecule has 0 aromatic carbocycles. The Morgan fingerprint density at radius 1 is 1.16 bits per heavy atom. The molecular weight excluding hydrogens is 260 g/mol. The van der Waals surface area contributed by atoms with Crippen LogP contribution >= 0.6 is 0 Å². The van der Waals surface area contributed by atoms with Gasteiger partial charge in [-0.3, -0.25) is 0 Å². The molecule has 19 heavy (non-hydrogen) atoms. The lowest BCUT2D eigenvalue weighted by atomic mass is 9.75. The maximum atomic E-state index is 6.40. The third kappa shape index (κ3) is 2.51. The van der Waals surface area contributed by atoms with Crippen molar-refractivity contribution in [1.29, 1.82) is 0 Å². The fourth-order valence-corrected chi connectivity index (χ4v) is 6.44. The lowest BCUT2D eigenvalue weighted by Gasteiger charge is -2.58. The van der Waals surface area contributed by atoms with E-state index in [-0.39, 0.29) is 10.6 Å². The molecule has 1 unspecified atom stereocenters. The van der Waals surface area contributed by atoms with Crippen molar-refractivity contribution < 1.29 is 18.3 Å². The van der Waals surface area contributed by atoms with Gasteiger partial charge in [-0.15, -0.1) is 0 Å². The first-order valence-corrected chi connectivity index (χ1v) is 9.65. The van der Waals surface area contributed by atoms with Gasteiger partial charge in [-0.1, -0.05) is 20.8 Å². The molecule has 1 heterocycles. The average Bonchev–Trinajstić information content (AvgIpc) is 2.40. The van der Waals surface area contributed by atoms with Crippen LogP contribution in [0.2, 0.25) is 6.55 Å². The second kappa shape index (κ2) is 6.67. The molecule has 0 aromatic heterocycles. The summed E-state index contributed by atoms with van der Waals surface area (Å²) in [6.07, 6.45) is 2.93. The highest BCUT2D eigenvalue weighted by atomic mass is 28.4. The van der Waals surface area contributed by atoms with Gasteiger partial charge in [0.25, 0.3) is 0 Å². The molecule has 1 atom stereocenters. The topological polar surface area (TPSA) is 36.9 Å². The third-order valence-corrected chi connectivity index (χ3v) is 8.91. The molecule has 1 fully saturated rings. The van der Waals surface area contributed by atoms with Crippen LogP contribution in [0.4, 0.5) is 0 Å². The maximum absolute atomic E-state index is 6.40. The van der Waals surface area contributed by atoms with E-state index in [4.69, 9.17) is 18.3 Å². The van der Waals surface area contributed by atoms with Crippen LogP contribution in [0.3, 0.4) is 0 Å². The Labute approximate surface area is 119 Å². The van der Waals surface area contributed by atoms with Gasteiger partial charge < -0.3 is 18.3 Å². The van der Waals surface area contributed by atoms with Crippen molar-refractivity contribution in [2.24, 2.45) is 5.41 Å². The molecule has 1 rings (SSSR count). The predicted octanol–water partition coefficient (Wildman–Crippen LogP) is 2.89. The molecule has 0 radical (unpaired) electrons. The highest BCUT2D eigenvalue weighted by Crippen LogP contribution is 2.51. The number of ether oxygens (including phenoxy) is 2. The second-order valence-corrected chi connectivity index (χ2v) is 9.03. The maximum Gasteiger partial charge on any atom is 0.368 e. The molecule has 0 spiro atoms. The largest absolute Gasteiger partial charge is 0.396 e. The molecule has 0 amide bonds. The van der Waals surface area contributed by atoms with E-state index in [0.717, 1.165) is 39.1 Å². The highest BCUT2D eigenvalue weighted by molar-refractivity contribution is 6.69. The quantitative estimate of drug-likeness (QED) is 0.612. The minimum absolute atomic E-state index is 0.0317. The standard InChI is InChI=1S/C14H30O4Si/c1-7-10-18-14(9-3,19(6,15-4)16-5)13(8-2)11-17-12-13/h7-12H2,1-6H3. The van der Waals surface area contributed by atoms with Gasteiger partial charge in [-0.25, -0.2) is 0 Å². The Bertz CT molecular complexity index is 256. The van der Waals surface area contributed by atoms with Crippen LogP contribution in [0.5, 0.6) is 0 Å². The van der Waals surface area contributed by atoms with Crippen LogP contribution < -0.4 is 0 Å². The van der Waals surface area contributed by atoms with Gasteiger partial charge in [0.05, 0.1) is 13.2 Å². The van der Waals surface area contributed by atoms with E-state index in [0.29, 0.717) is 0 Å². The van der Waals surface area contributed by atoms with E-state index in [9.17, 15) is 0 Å². The van der Waals surface area contributed by atoms with Crippen molar-refractivity contribution in [1.82, 2.24) is 0 Å². The molecule has 1 aliphatic heterocycles. The molecule has 0 aromatic rings. The Morgan fingerprint density at radius 2 is 1.74 bits per heavy atom. The molecule has 0 aliphatic carbocycles. The zero-order valence-corrected chi connectivity index (χ0v) is 14.4. The molecule has 5 heteroatoms. The van der Waals surface area contributed by atoms with Crippen molar-refractivity contribution in [2.75, 3.05) is 34.0 Å². The normalized spacial score (nSPS) is 21.8. The summed E-state index contributed by atoms with van der Waals surface area (Å²) >= 11 is 0. The van der Waals surface area contributed by atoms with E-state index in [1.807, 2.05) is 0 Å². The molecule has 1 saturated heterocycles. The summed E-state index contributed by atoms with van der Waals surface area (Å²) in [5.41, 5.74) is 0.0317. The third-order valence-electron chi connectivity index (χ3n) is 4.85. The van der Waals surface area contributed by atoms with Gasteiger partial charge in [0.2, 0.25) is 0 Å². The number of hydrogen-bond acceptors (Lipinski definition) is 4. The van der Waals surface area contributed by atoms with Gasteiger partial charge in [0, 0.05) is 26.2 Å². The van der Waals surface area contributed by atoms with Crippen LogP contribution in [0.1, 0.15) is 40.0 Å². The molecular formula is C14H30O4Si. The van der Waals surface area contributed by atoms with E-state index < -0.39 is 8.56 Å². The lowest BCUT2D eigenvalue weighted by Crippen LogP contribution is -2.74. The van der Waals surface area contributed by atoms with Gasteiger partial charge in [0.1, 0.15) is 5.22 Å². The lowest BCUT2D eigenvalue weighted by molar-refractivity contribution is -0.224.